The minimum atomic E-state index is -1.16. The lowest BCUT2D eigenvalue weighted by atomic mass is 9.77. The normalized spacial score (nSPS) is 13.0. The quantitative estimate of drug-likeness (QED) is 0.567. The second-order valence-corrected chi connectivity index (χ2v) is 7.15. The van der Waals surface area contributed by atoms with E-state index >= 15 is 0 Å². The van der Waals surface area contributed by atoms with Gasteiger partial charge in [-0.25, -0.2) is 9.18 Å². The smallest absolute Gasteiger partial charge is 0.407 e. The van der Waals surface area contributed by atoms with E-state index in [1.165, 1.54) is 25.3 Å². The molecule has 0 aromatic heterocycles. The van der Waals surface area contributed by atoms with Crippen molar-refractivity contribution in [3.05, 3.63) is 65.5 Å². The Hall–Kier alpha value is -3.42. The van der Waals surface area contributed by atoms with Crippen LogP contribution in [0.15, 0.2) is 48.5 Å². The molecule has 0 aliphatic heterocycles. The number of hydrogen-bond acceptors (Lipinski definition) is 4. The highest BCUT2D eigenvalue weighted by atomic mass is 19.1. The first-order valence-corrected chi connectivity index (χ1v) is 11.7. The van der Waals surface area contributed by atoms with Crippen molar-refractivity contribution in [1.29, 1.82) is 0 Å². The number of anilines is 1. The maximum Gasteiger partial charge on any atom is 0.407 e. The Morgan fingerprint density at radius 1 is 1.12 bits per heavy atom. The number of carbonyl (C=O) groups excluding carboxylic acids is 3. The first-order chi connectivity index (χ1) is 16.4. The minimum Gasteiger partial charge on any atom is -0.453 e. The molecule has 0 spiro atoms. The van der Waals surface area contributed by atoms with Crippen LogP contribution in [-0.2, 0) is 14.3 Å². The van der Waals surface area contributed by atoms with Gasteiger partial charge in [0.25, 0.3) is 0 Å². The summed E-state index contributed by atoms with van der Waals surface area (Å²) in [6.07, 6.45) is 2.27. The van der Waals surface area contributed by atoms with Gasteiger partial charge in [-0.3, -0.25) is 14.5 Å². The number of alkyl carbamates (subject to hydrolysis) is 1. The summed E-state index contributed by atoms with van der Waals surface area (Å²) < 4.78 is 18.5. The number of carbonyl (C=O) groups is 3. The molecule has 1 saturated carbocycles. The zero-order chi connectivity index (χ0) is 25.7. The molecule has 0 saturated heterocycles. The van der Waals surface area contributed by atoms with E-state index < -0.39 is 36.3 Å². The van der Waals surface area contributed by atoms with Crippen LogP contribution < -0.4 is 16.0 Å². The lowest BCUT2D eigenvalue weighted by Gasteiger charge is -2.34. The third-order valence-electron chi connectivity index (χ3n) is 5.29. The van der Waals surface area contributed by atoms with E-state index in [9.17, 15) is 18.8 Å². The molecule has 1 fully saturated rings. The average Bonchev–Trinajstić information content (AvgIpc) is 2.82. The number of benzene rings is 2. The Morgan fingerprint density at radius 2 is 1.76 bits per heavy atom. The standard InChI is InChI=1S/C22H24FN3O4.2C2H6.H2/c1-30-22(29)25-13-19(27)26(16-9-5-8-15(23)12-16)20(21(24)28)18-11-3-2-10-17(18)14-6-4-7-14;2*1-2;/h2-3,5,8-12,14,20H,4,6-7,13H2,1H3,(H2,24,28)(H,25,29);2*1-2H3;1H/t20-;;;/m0.../s1. The predicted octanol–water partition coefficient (Wildman–Crippen LogP) is 5.31. The van der Waals surface area contributed by atoms with Crippen LogP contribution in [0.4, 0.5) is 14.9 Å². The molecule has 7 nitrogen and oxygen atoms in total. The van der Waals surface area contributed by atoms with Gasteiger partial charge in [0.15, 0.2) is 0 Å². The van der Waals surface area contributed by atoms with Crippen molar-refractivity contribution in [1.82, 2.24) is 5.32 Å². The number of rotatable bonds is 7. The van der Waals surface area contributed by atoms with Crippen LogP contribution in [0.25, 0.3) is 0 Å². The number of nitrogens with zero attached hydrogens (tertiary/aromatic N) is 1. The molecule has 0 radical (unpaired) electrons. The Balaban J connectivity index is 0.00000220. The molecule has 2 aromatic rings. The lowest BCUT2D eigenvalue weighted by molar-refractivity contribution is -0.124. The van der Waals surface area contributed by atoms with Crippen molar-refractivity contribution in [3.63, 3.8) is 0 Å². The summed E-state index contributed by atoms with van der Waals surface area (Å²) in [5, 5.41) is 2.30. The zero-order valence-corrected chi connectivity index (χ0v) is 20.6. The molecule has 0 bridgehead atoms. The highest BCUT2D eigenvalue weighted by Crippen LogP contribution is 2.41. The van der Waals surface area contributed by atoms with Crippen molar-refractivity contribution in [2.24, 2.45) is 5.73 Å². The van der Waals surface area contributed by atoms with Gasteiger partial charge in [0.05, 0.1) is 7.11 Å². The number of nitrogens with two attached hydrogens (primary N) is 1. The molecule has 1 aliphatic rings. The maximum absolute atomic E-state index is 14.0. The fourth-order valence-electron chi connectivity index (χ4n) is 3.64. The van der Waals surface area contributed by atoms with Crippen molar-refractivity contribution in [2.75, 3.05) is 18.6 Å². The monoisotopic (exact) mass is 475 g/mol. The molecule has 2 aromatic carbocycles. The van der Waals surface area contributed by atoms with Crippen LogP contribution >= 0.6 is 0 Å². The third kappa shape index (κ3) is 7.30. The first-order valence-electron chi connectivity index (χ1n) is 11.7. The molecular formula is C26H38FN3O4. The third-order valence-corrected chi connectivity index (χ3v) is 5.29. The molecule has 34 heavy (non-hydrogen) atoms. The molecule has 3 amide bonds. The summed E-state index contributed by atoms with van der Waals surface area (Å²) in [6.45, 7) is 7.55. The highest BCUT2D eigenvalue weighted by molar-refractivity contribution is 6.02. The Bertz CT molecular complexity index is 954. The first kappa shape index (κ1) is 28.6. The number of methoxy groups -OCH3 is 1. The van der Waals surface area contributed by atoms with E-state index in [1.54, 1.807) is 12.1 Å². The molecule has 3 N–H and O–H groups in total. The summed E-state index contributed by atoms with van der Waals surface area (Å²) in [5.74, 6) is -1.67. The molecule has 0 heterocycles. The maximum atomic E-state index is 14.0. The highest BCUT2D eigenvalue weighted by Gasteiger charge is 2.35. The number of halogens is 1. The summed E-state index contributed by atoms with van der Waals surface area (Å²) in [6, 6.07) is 11.5. The van der Waals surface area contributed by atoms with Gasteiger partial charge in [-0.05, 0) is 48.1 Å². The SMILES string of the molecule is CC.CC.COC(=O)NCC(=O)N(c1cccc(F)c1)[C@H](C(N)=O)c1ccccc1C1CCC1.[HH]. The molecule has 0 unspecified atom stereocenters. The van der Waals surface area contributed by atoms with E-state index in [1.807, 2.05) is 39.8 Å². The van der Waals surface area contributed by atoms with Crippen LogP contribution in [0, 0.1) is 5.82 Å². The Kier molecular flexibility index (Phi) is 12.3. The molecule has 3 rings (SSSR count). The summed E-state index contributed by atoms with van der Waals surface area (Å²) in [4.78, 5) is 38.3. The van der Waals surface area contributed by atoms with E-state index in [4.69, 9.17) is 5.73 Å². The van der Waals surface area contributed by atoms with E-state index in [0.29, 0.717) is 5.56 Å². The second kappa shape index (κ2) is 14.7. The number of amides is 3. The van der Waals surface area contributed by atoms with E-state index in [-0.39, 0.29) is 13.0 Å². The molecule has 188 valence electrons. The average molecular weight is 476 g/mol. The molecule has 1 atom stereocenters. The topological polar surface area (TPSA) is 102 Å². The zero-order valence-electron chi connectivity index (χ0n) is 20.6. The van der Waals surface area contributed by atoms with Gasteiger partial charge in [-0.2, -0.15) is 0 Å². The van der Waals surface area contributed by atoms with Gasteiger partial charge in [0.2, 0.25) is 11.8 Å². The number of hydrogen-bond donors (Lipinski definition) is 2. The molecule has 8 heteroatoms. The van der Waals surface area contributed by atoms with E-state index in [2.05, 4.69) is 10.1 Å². The minimum absolute atomic E-state index is 0. The van der Waals surface area contributed by atoms with Crippen LogP contribution in [0.2, 0.25) is 0 Å². The summed E-state index contributed by atoms with van der Waals surface area (Å²) >= 11 is 0. The molecular weight excluding hydrogens is 437 g/mol. The summed E-state index contributed by atoms with van der Waals surface area (Å²) in [5.41, 5.74) is 7.47. The largest absolute Gasteiger partial charge is 0.453 e. The number of nitrogens with one attached hydrogen (secondary N) is 1. The predicted molar refractivity (Wildman–Crippen MR) is 134 cm³/mol. The van der Waals surface area contributed by atoms with Crippen LogP contribution in [0.5, 0.6) is 0 Å². The van der Waals surface area contributed by atoms with Crippen LogP contribution in [0.3, 0.4) is 0 Å². The molecule has 1 aliphatic carbocycles. The van der Waals surface area contributed by atoms with Crippen LogP contribution in [-0.4, -0.2) is 31.6 Å². The summed E-state index contributed by atoms with van der Waals surface area (Å²) in [7, 11) is 1.17. The van der Waals surface area contributed by atoms with Crippen LogP contribution in [0.1, 0.15) is 71.5 Å². The lowest BCUT2D eigenvalue weighted by Crippen LogP contribution is -2.47. The van der Waals surface area contributed by atoms with Gasteiger partial charge in [0.1, 0.15) is 18.4 Å². The van der Waals surface area contributed by atoms with Crippen molar-refractivity contribution >= 4 is 23.6 Å². The van der Waals surface area contributed by atoms with Gasteiger partial charge in [0, 0.05) is 7.11 Å². The van der Waals surface area contributed by atoms with Gasteiger partial charge in [-0.1, -0.05) is 64.4 Å². The van der Waals surface area contributed by atoms with Crippen molar-refractivity contribution < 1.29 is 24.9 Å². The second-order valence-electron chi connectivity index (χ2n) is 7.15. The van der Waals surface area contributed by atoms with Gasteiger partial charge >= 0.3 is 6.09 Å². The Morgan fingerprint density at radius 3 is 2.29 bits per heavy atom. The van der Waals surface area contributed by atoms with Gasteiger partial charge < -0.3 is 15.8 Å². The fourth-order valence-corrected chi connectivity index (χ4v) is 3.64. The Labute approximate surface area is 203 Å². The van der Waals surface area contributed by atoms with E-state index in [0.717, 1.165) is 35.8 Å². The van der Waals surface area contributed by atoms with Crippen molar-refractivity contribution in [3.8, 4) is 0 Å². The number of primary amides is 1. The number of ether oxygens (including phenoxy) is 1. The van der Waals surface area contributed by atoms with Crippen molar-refractivity contribution in [2.45, 2.75) is 58.9 Å². The fraction of sp³-hybridized carbons (Fsp3) is 0.423. The van der Waals surface area contributed by atoms with Gasteiger partial charge in [-0.15, -0.1) is 0 Å².